The zero-order chi connectivity index (χ0) is 11.1. The van der Waals surface area contributed by atoms with E-state index in [1.807, 2.05) is 25.7 Å². The Balaban J connectivity index is 1.94. The number of fused-ring (bicyclic) bond motifs is 1. The molecule has 0 bridgehead atoms. The van der Waals surface area contributed by atoms with Gasteiger partial charge in [0.05, 0.1) is 6.04 Å². The molecule has 4 heteroatoms. The topological polar surface area (TPSA) is 41.6 Å². The molecule has 1 N–H and O–H groups in total. The zero-order valence-electron chi connectivity index (χ0n) is 9.75. The van der Waals surface area contributed by atoms with E-state index >= 15 is 0 Å². The van der Waals surface area contributed by atoms with Crippen molar-refractivity contribution in [2.75, 3.05) is 13.1 Å². The lowest BCUT2D eigenvalue weighted by Crippen LogP contribution is -2.68. The van der Waals surface area contributed by atoms with Gasteiger partial charge in [-0.1, -0.05) is 0 Å². The summed E-state index contributed by atoms with van der Waals surface area (Å²) < 4.78 is 5.39. The van der Waals surface area contributed by atoms with Crippen LogP contribution in [0.2, 0.25) is 0 Å². The number of ether oxygens (including phenoxy) is 1. The van der Waals surface area contributed by atoms with Crippen molar-refractivity contribution in [3.63, 3.8) is 0 Å². The first kappa shape index (κ1) is 10.7. The van der Waals surface area contributed by atoms with Gasteiger partial charge < -0.3 is 15.0 Å². The molecule has 0 spiro atoms. The van der Waals surface area contributed by atoms with Crippen molar-refractivity contribution < 1.29 is 9.53 Å². The molecule has 4 nitrogen and oxygen atoms in total. The standard InChI is InChI=1S/C11H20N2O2/c1-11(2,3)15-10(14)13-6-4-5-8-9(13)7-12-8/h8-9,12H,4-7H2,1-3H3/t8-,9-/m0/s1. The van der Waals surface area contributed by atoms with Crippen molar-refractivity contribution in [3.8, 4) is 0 Å². The second-order valence-electron chi connectivity index (χ2n) is 5.40. The highest BCUT2D eigenvalue weighted by atomic mass is 16.6. The van der Waals surface area contributed by atoms with Crippen LogP contribution < -0.4 is 5.32 Å². The summed E-state index contributed by atoms with van der Waals surface area (Å²) in [6, 6.07) is 0.875. The van der Waals surface area contributed by atoms with E-state index in [0.29, 0.717) is 12.1 Å². The fourth-order valence-corrected chi connectivity index (χ4v) is 2.21. The van der Waals surface area contributed by atoms with E-state index in [1.54, 1.807) is 0 Å². The third-order valence-electron chi connectivity index (χ3n) is 3.00. The smallest absolute Gasteiger partial charge is 0.410 e. The van der Waals surface area contributed by atoms with Crippen molar-refractivity contribution >= 4 is 6.09 Å². The molecular formula is C11H20N2O2. The van der Waals surface area contributed by atoms with Crippen LogP contribution in [0.25, 0.3) is 0 Å². The van der Waals surface area contributed by atoms with Gasteiger partial charge in [0.15, 0.2) is 0 Å². The molecule has 2 aliphatic heterocycles. The van der Waals surface area contributed by atoms with Crippen molar-refractivity contribution in [2.45, 2.75) is 51.3 Å². The Morgan fingerprint density at radius 2 is 2.20 bits per heavy atom. The Morgan fingerprint density at radius 3 is 2.73 bits per heavy atom. The third kappa shape index (κ3) is 2.25. The highest BCUT2D eigenvalue weighted by Gasteiger charge is 2.41. The molecule has 0 aromatic heterocycles. The Labute approximate surface area is 91.0 Å². The molecule has 0 radical (unpaired) electrons. The minimum Gasteiger partial charge on any atom is -0.444 e. The van der Waals surface area contributed by atoms with Gasteiger partial charge in [0.25, 0.3) is 0 Å². The number of likely N-dealkylation sites (tertiary alicyclic amines) is 1. The molecule has 0 unspecified atom stereocenters. The molecule has 15 heavy (non-hydrogen) atoms. The molecule has 2 aliphatic rings. The Hall–Kier alpha value is -0.770. The number of rotatable bonds is 0. The minimum absolute atomic E-state index is 0.154. The van der Waals surface area contributed by atoms with E-state index in [4.69, 9.17) is 4.74 Å². The molecule has 0 aromatic rings. The predicted molar refractivity (Wildman–Crippen MR) is 57.8 cm³/mol. The number of piperidine rings is 1. The maximum atomic E-state index is 11.9. The maximum Gasteiger partial charge on any atom is 0.410 e. The largest absolute Gasteiger partial charge is 0.444 e. The number of amides is 1. The summed E-state index contributed by atoms with van der Waals surface area (Å²) in [5.41, 5.74) is -0.388. The fourth-order valence-electron chi connectivity index (χ4n) is 2.21. The number of hydrogen-bond donors (Lipinski definition) is 1. The highest BCUT2D eigenvalue weighted by Crippen LogP contribution is 2.25. The van der Waals surface area contributed by atoms with E-state index < -0.39 is 0 Å². The number of carbonyl (C=O) groups excluding carboxylic acids is 1. The Kier molecular flexibility index (Phi) is 2.63. The second kappa shape index (κ2) is 3.67. The van der Waals surface area contributed by atoms with Crippen molar-refractivity contribution in [1.29, 1.82) is 0 Å². The molecule has 2 rings (SSSR count). The minimum atomic E-state index is -0.388. The van der Waals surface area contributed by atoms with Gasteiger partial charge in [0.2, 0.25) is 0 Å². The lowest BCUT2D eigenvalue weighted by Gasteiger charge is -2.48. The number of carbonyl (C=O) groups is 1. The van der Waals surface area contributed by atoms with Crippen LogP contribution in [0.4, 0.5) is 4.79 Å². The number of nitrogens with zero attached hydrogens (tertiary/aromatic N) is 1. The normalized spacial score (nSPS) is 30.5. The van der Waals surface area contributed by atoms with Crippen LogP contribution in [-0.4, -0.2) is 41.8 Å². The lowest BCUT2D eigenvalue weighted by atomic mass is 9.90. The van der Waals surface area contributed by atoms with Crippen LogP contribution in [0.5, 0.6) is 0 Å². The highest BCUT2D eigenvalue weighted by molar-refractivity contribution is 5.69. The summed E-state index contributed by atoms with van der Waals surface area (Å²) in [5.74, 6) is 0. The molecule has 0 saturated carbocycles. The number of hydrogen-bond acceptors (Lipinski definition) is 3. The average molecular weight is 212 g/mol. The van der Waals surface area contributed by atoms with Crippen LogP contribution in [0, 0.1) is 0 Å². The van der Waals surface area contributed by atoms with Gasteiger partial charge in [-0.05, 0) is 33.6 Å². The first-order chi connectivity index (χ1) is 6.97. The molecule has 0 aliphatic carbocycles. The van der Waals surface area contributed by atoms with Crippen LogP contribution in [0.15, 0.2) is 0 Å². The Morgan fingerprint density at radius 1 is 1.47 bits per heavy atom. The monoisotopic (exact) mass is 212 g/mol. The van der Waals surface area contributed by atoms with Gasteiger partial charge in [-0.25, -0.2) is 4.79 Å². The summed E-state index contributed by atoms with van der Waals surface area (Å²) >= 11 is 0. The lowest BCUT2D eigenvalue weighted by molar-refractivity contribution is -0.00927. The third-order valence-corrected chi connectivity index (χ3v) is 3.00. The van der Waals surface area contributed by atoms with Crippen molar-refractivity contribution in [1.82, 2.24) is 10.2 Å². The summed E-state index contributed by atoms with van der Waals surface area (Å²) in [7, 11) is 0. The SMILES string of the molecule is CC(C)(C)OC(=O)N1CCC[C@@H]2NC[C@@H]21. The molecule has 2 heterocycles. The van der Waals surface area contributed by atoms with E-state index in [2.05, 4.69) is 5.32 Å². The summed E-state index contributed by atoms with van der Waals surface area (Å²) in [6.45, 7) is 7.49. The van der Waals surface area contributed by atoms with Crippen LogP contribution in [0.1, 0.15) is 33.6 Å². The first-order valence-corrected chi connectivity index (χ1v) is 5.70. The first-order valence-electron chi connectivity index (χ1n) is 5.70. The van der Waals surface area contributed by atoms with Gasteiger partial charge >= 0.3 is 6.09 Å². The molecular weight excluding hydrogens is 192 g/mol. The van der Waals surface area contributed by atoms with Gasteiger partial charge in [0.1, 0.15) is 5.60 Å². The number of nitrogens with one attached hydrogen (secondary N) is 1. The molecule has 0 aromatic carbocycles. The molecule has 86 valence electrons. The summed E-state index contributed by atoms with van der Waals surface area (Å²) in [4.78, 5) is 13.8. The maximum absolute atomic E-state index is 11.9. The van der Waals surface area contributed by atoms with E-state index in [0.717, 1.165) is 19.5 Å². The quantitative estimate of drug-likeness (QED) is 0.659. The summed E-state index contributed by atoms with van der Waals surface area (Å²) in [6.07, 6.45) is 2.11. The van der Waals surface area contributed by atoms with Gasteiger partial charge in [0, 0.05) is 19.1 Å². The molecule has 2 fully saturated rings. The van der Waals surface area contributed by atoms with E-state index in [1.165, 1.54) is 6.42 Å². The summed E-state index contributed by atoms with van der Waals surface area (Å²) in [5, 5.41) is 3.35. The average Bonchev–Trinajstić information content (AvgIpc) is 2.03. The fraction of sp³-hybridized carbons (Fsp3) is 0.909. The molecule has 2 atom stereocenters. The van der Waals surface area contributed by atoms with Crippen molar-refractivity contribution in [2.24, 2.45) is 0 Å². The molecule has 1 amide bonds. The van der Waals surface area contributed by atoms with E-state index in [-0.39, 0.29) is 11.7 Å². The van der Waals surface area contributed by atoms with E-state index in [9.17, 15) is 4.79 Å². The van der Waals surface area contributed by atoms with Crippen LogP contribution in [0.3, 0.4) is 0 Å². The predicted octanol–water partition coefficient (Wildman–Crippen LogP) is 1.36. The van der Waals surface area contributed by atoms with Gasteiger partial charge in [-0.3, -0.25) is 0 Å². The second-order valence-corrected chi connectivity index (χ2v) is 5.40. The van der Waals surface area contributed by atoms with Crippen LogP contribution in [-0.2, 0) is 4.74 Å². The van der Waals surface area contributed by atoms with Gasteiger partial charge in [-0.2, -0.15) is 0 Å². The zero-order valence-corrected chi connectivity index (χ0v) is 9.75. The Bertz CT molecular complexity index is 260. The van der Waals surface area contributed by atoms with Crippen molar-refractivity contribution in [3.05, 3.63) is 0 Å². The molecule has 2 saturated heterocycles. The van der Waals surface area contributed by atoms with Gasteiger partial charge in [-0.15, -0.1) is 0 Å². The van der Waals surface area contributed by atoms with Crippen LogP contribution >= 0.6 is 0 Å².